The Bertz CT molecular complexity index is 742. The second kappa shape index (κ2) is 9.04. The molecule has 1 radical (unpaired) electrons. The summed E-state index contributed by atoms with van der Waals surface area (Å²) in [5.41, 5.74) is 1.54. The maximum atomic E-state index is 2.46. The predicted octanol–water partition coefficient (Wildman–Crippen LogP) is 4.86. The van der Waals surface area contributed by atoms with Crippen LogP contribution in [-0.2, 0) is 25.5 Å². The second-order valence-corrected chi connectivity index (χ2v) is 15.0. The molecule has 0 saturated heterocycles. The van der Waals surface area contributed by atoms with Crippen LogP contribution in [0.25, 0.3) is 0 Å². The Morgan fingerprint density at radius 3 is 1.56 bits per heavy atom. The van der Waals surface area contributed by atoms with Gasteiger partial charge in [-0.15, -0.1) is 0 Å². The van der Waals surface area contributed by atoms with Crippen molar-refractivity contribution in [2.75, 3.05) is 0 Å². The van der Waals surface area contributed by atoms with Crippen LogP contribution < -0.4 is 15.9 Å². The summed E-state index contributed by atoms with van der Waals surface area (Å²) < 4.78 is 0. The van der Waals surface area contributed by atoms with Gasteiger partial charge in [0.15, 0.2) is 0 Å². The maximum absolute atomic E-state index is 2.46. The quantitative estimate of drug-likeness (QED) is 0.384. The Balaban J connectivity index is 0.00000225. The molecule has 0 aliphatic heterocycles. The van der Waals surface area contributed by atoms with Crippen LogP contribution in [0.1, 0.15) is 5.56 Å². The van der Waals surface area contributed by atoms with E-state index in [9.17, 15) is 0 Å². The number of hydrogen-bond donors (Lipinski definition) is 0. The van der Waals surface area contributed by atoms with Crippen LogP contribution in [-0.4, -0.2) is 8.07 Å². The largest absolute Gasteiger partial charge is 0.0693 e. The molecule has 0 saturated carbocycles. The molecule has 3 heteroatoms. The van der Waals surface area contributed by atoms with Crippen molar-refractivity contribution in [3.05, 3.63) is 90.5 Å². The molecule has 3 rings (SSSR count). The van der Waals surface area contributed by atoms with Crippen LogP contribution in [0.5, 0.6) is 0 Å². The Hall–Kier alpha value is -1.07. The van der Waals surface area contributed by atoms with E-state index < -0.39 is 16.0 Å². The van der Waals surface area contributed by atoms with Crippen molar-refractivity contribution in [1.82, 2.24) is 0 Å². The van der Waals surface area contributed by atoms with Crippen LogP contribution in [0, 0.1) is 0 Å². The second-order valence-electron chi connectivity index (χ2n) is 7.37. The molecule has 0 unspecified atom stereocenters. The van der Waals surface area contributed by atoms with E-state index in [1.807, 2.05) is 0 Å². The molecule has 3 aromatic rings. The van der Waals surface area contributed by atoms with Gasteiger partial charge in [0.25, 0.3) is 0 Å². The van der Waals surface area contributed by atoms with E-state index in [1.165, 1.54) is 27.5 Å². The Morgan fingerprint density at radius 1 is 0.640 bits per heavy atom. The van der Waals surface area contributed by atoms with Crippen LogP contribution in [0.2, 0.25) is 19.6 Å². The first kappa shape index (κ1) is 20.2. The van der Waals surface area contributed by atoms with E-state index in [0.717, 1.165) is 0 Å². The van der Waals surface area contributed by atoms with Gasteiger partial charge in [-0.2, -0.15) is 0 Å². The zero-order chi connectivity index (χ0) is 17.0. The summed E-state index contributed by atoms with van der Waals surface area (Å²) in [4.78, 5) is 0. The van der Waals surface area contributed by atoms with Crippen molar-refractivity contribution in [3.63, 3.8) is 0 Å². The maximum Gasteiger partial charge on any atom is 0.0487 e. The van der Waals surface area contributed by atoms with Gasteiger partial charge in [-0.1, -0.05) is 105 Å². The van der Waals surface area contributed by atoms with Gasteiger partial charge in [0.05, 0.1) is 0 Å². The van der Waals surface area contributed by atoms with Gasteiger partial charge in [0.2, 0.25) is 0 Å². The van der Waals surface area contributed by atoms with Crippen LogP contribution >= 0.6 is 7.92 Å². The summed E-state index contributed by atoms with van der Waals surface area (Å²) in [7, 11) is -1.66. The molecule has 0 bridgehead atoms. The number of benzene rings is 3. The van der Waals surface area contributed by atoms with E-state index in [1.54, 1.807) is 0 Å². The summed E-state index contributed by atoms with van der Waals surface area (Å²) in [6.07, 6.45) is 0. The summed E-state index contributed by atoms with van der Waals surface area (Å²) >= 11 is 0. The van der Waals surface area contributed by atoms with Gasteiger partial charge in [-0.25, -0.2) is 0 Å². The minimum absolute atomic E-state index is 0. The zero-order valence-corrected chi connectivity index (χ0v) is 18.6. The van der Waals surface area contributed by atoms with E-state index in [4.69, 9.17) is 0 Å². The molecule has 0 N–H and O–H groups in total. The summed E-state index contributed by atoms with van der Waals surface area (Å²) in [6, 6.07) is 32.3. The normalized spacial score (nSPS) is 11.2. The van der Waals surface area contributed by atoms with Crippen molar-refractivity contribution in [3.8, 4) is 0 Å². The molecule has 25 heavy (non-hydrogen) atoms. The van der Waals surface area contributed by atoms with E-state index >= 15 is 0 Å². The topological polar surface area (TPSA) is 0 Å². The number of hydrogen-bond acceptors (Lipinski definition) is 0. The fourth-order valence-electron chi connectivity index (χ4n) is 3.03. The van der Waals surface area contributed by atoms with Crippen LogP contribution in [0.4, 0.5) is 0 Å². The zero-order valence-electron chi connectivity index (χ0n) is 15.1. The molecule has 0 nitrogen and oxygen atoms in total. The van der Waals surface area contributed by atoms with Crippen molar-refractivity contribution >= 4 is 31.9 Å². The summed E-state index contributed by atoms with van der Waals surface area (Å²) in [5.74, 6) is 0. The smallest absolute Gasteiger partial charge is 0.0487 e. The third-order valence-corrected chi connectivity index (χ3v) is 7.97. The van der Waals surface area contributed by atoms with Gasteiger partial charge in [-0.3, -0.25) is 0 Å². The third-order valence-electron chi connectivity index (χ3n) is 3.98. The van der Waals surface area contributed by atoms with Gasteiger partial charge in [-0.05, 0) is 35.4 Å². The molecule has 0 atom stereocenters. The van der Waals surface area contributed by atoms with Crippen molar-refractivity contribution < 1.29 is 19.5 Å². The van der Waals surface area contributed by atoms with Crippen LogP contribution in [0.3, 0.4) is 0 Å². The summed E-state index contributed by atoms with van der Waals surface area (Å²) in [5, 5.41) is 4.38. The van der Waals surface area contributed by atoms with Crippen LogP contribution in [0.15, 0.2) is 84.9 Å². The standard InChI is InChI=1S/C22H25PSi.Rh/c1-24(2,3)18-19-12-10-11-17-22(19)23(20-13-6-4-7-14-20)21-15-8-5-9-16-21;/h4-17H,18H2,1-3H3;. The van der Waals surface area contributed by atoms with Crippen molar-refractivity contribution in [2.45, 2.75) is 25.7 Å². The monoisotopic (exact) mass is 451 g/mol. The van der Waals surface area contributed by atoms with Crippen molar-refractivity contribution in [1.29, 1.82) is 0 Å². The van der Waals surface area contributed by atoms with Gasteiger partial charge in [0, 0.05) is 27.6 Å². The average molecular weight is 451 g/mol. The fraction of sp³-hybridized carbons (Fsp3) is 0.182. The first-order valence-electron chi connectivity index (χ1n) is 8.53. The van der Waals surface area contributed by atoms with E-state index in [-0.39, 0.29) is 19.5 Å². The molecule has 0 heterocycles. The van der Waals surface area contributed by atoms with Gasteiger partial charge >= 0.3 is 0 Å². The average Bonchev–Trinajstić information content (AvgIpc) is 2.57. The first-order valence-corrected chi connectivity index (χ1v) is 13.6. The molecule has 0 aliphatic carbocycles. The molecule has 131 valence electrons. The fourth-order valence-corrected chi connectivity index (χ4v) is 7.10. The molecular weight excluding hydrogens is 426 g/mol. The Kier molecular flexibility index (Phi) is 7.32. The molecule has 0 aromatic heterocycles. The third kappa shape index (κ3) is 5.45. The van der Waals surface area contributed by atoms with Gasteiger partial charge in [0.1, 0.15) is 0 Å². The molecule has 0 aliphatic rings. The van der Waals surface area contributed by atoms with E-state index in [0.29, 0.717) is 0 Å². The number of rotatable bonds is 5. The minimum Gasteiger partial charge on any atom is -0.0693 e. The Labute approximate surface area is 167 Å². The predicted molar refractivity (Wildman–Crippen MR) is 112 cm³/mol. The van der Waals surface area contributed by atoms with Gasteiger partial charge < -0.3 is 0 Å². The molecular formula is C22H25PRhSi. The Morgan fingerprint density at radius 2 is 1.08 bits per heavy atom. The van der Waals surface area contributed by atoms with E-state index in [2.05, 4.69) is 105 Å². The summed E-state index contributed by atoms with van der Waals surface area (Å²) in [6.45, 7) is 7.37. The van der Waals surface area contributed by atoms with Crippen molar-refractivity contribution in [2.24, 2.45) is 0 Å². The first-order chi connectivity index (χ1) is 11.5. The SMILES string of the molecule is C[Si](C)(C)Cc1ccccc1P(c1ccccc1)c1ccccc1.[Rh]. The molecule has 0 amide bonds. The molecule has 0 spiro atoms. The minimum atomic E-state index is -1.17. The molecule has 3 aromatic carbocycles. The molecule has 0 fully saturated rings.